The number of thioether (sulfide) groups is 1. The molecule has 1 aliphatic heterocycles. The Balaban J connectivity index is 2.57. The van der Waals surface area contributed by atoms with E-state index < -0.39 is 23.4 Å². The van der Waals surface area contributed by atoms with Gasteiger partial charge in [-0.2, -0.15) is 0 Å². The molecule has 1 unspecified atom stereocenters. The molecule has 1 heterocycles. The van der Waals surface area contributed by atoms with E-state index in [2.05, 4.69) is 4.74 Å². The van der Waals surface area contributed by atoms with E-state index >= 15 is 0 Å². The van der Waals surface area contributed by atoms with Gasteiger partial charge in [-0.25, -0.2) is 9.59 Å². The lowest BCUT2D eigenvalue weighted by Crippen LogP contribution is -2.41. The van der Waals surface area contributed by atoms with Crippen LogP contribution < -0.4 is 0 Å². The molecule has 1 amide bonds. The van der Waals surface area contributed by atoms with Crippen molar-refractivity contribution in [2.75, 3.05) is 12.3 Å². The number of hydrogen-bond donors (Lipinski definition) is 1. The van der Waals surface area contributed by atoms with Gasteiger partial charge in [0.2, 0.25) is 5.56 Å². The van der Waals surface area contributed by atoms with E-state index in [1.54, 1.807) is 20.8 Å². The highest BCUT2D eigenvalue weighted by molar-refractivity contribution is 8.00. The smallest absolute Gasteiger partial charge is 0.450 e. The molecule has 1 saturated heterocycles. The van der Waals surface area contributed by atoms with E-state index in [1.807, 2.05) is 0 Å². The number of nitrogens with zero attached hydrogens (tertiary/aromatic N) is 1. The molecule has 6 nitrogen and oxygen atoms in total. The van der Waals surface area contributed by atoms with Gasteiger partial charge in [0.25, 0.3) is 0 Å². The SMILES string of the molecule is CC(C)(C)OC(=O)N1CCSC1OC(=O)O. The topological polar surface area (TPSA) is 76.1 Å². The second-order valence-corrected chi connectivity index (χ2v) is 5.38. The van der Waals surface area contributed by atoms with Crippen LogP contribution in [0.3, 0.4) is 0 Å². The van der Waals surface area contributed by atoms with Crippen LogP contribution in [0.25, 0.3) is 0 Å². The van der Waals surface area contributed by atoms with Gasteiger partial charge in [0.1, 0.15) is 5.60 Å². The summed E-state index contributed by atoms with van der Waals surface area (Å²) in [5, 5.41) is 8.49. The zero-order chi connectivity index (χ0) is 12.3. The van der Waals surface area contributed by atoms with Gasteiger partial charge in [0.15, 0.2) is 0 Å². The average Bonchev–Trinajstić information content (AvgIpc) is 2.47. The molecule has 92 valence electrons. The molecule has 1 fully saturated rings. The van der Waals surface area contributed by atoms with Crippen LogP contribution in [0.1, 0.15) is 20.8 Å². The van der Waals surface area contributed by atoms with Gasteiger partial charge < -0.3 is 14.6 Å². The Bertz CT molecular complexity index is 288. The molecule has 0 aromatic carbocycles. The van der Waals surface area contributed by atoms with Crippen LogP contribution in [0, 0.1) is 0 Å². The van der Waals surface area contributed by atoms with Gasteiger partial charge in [-0.15, -0.1) is 0 Å². The Hall–Kier alpha value is -1.11. The van der Waals surface area contributed by atoms with Crippen LogP contribution >= 0.6 is 11.8 Å². The third kappa shape index (κ3) is 3.80. The van der Waals surface area contributed by atoms with Crippen LogP contribution in [0.2, 0.25) is 0 Å². The van der Waals surface area contributed by atoms with Gasteiger partial charge in [-0.3, -0.25) is 4.90 Å². The van der Waals surface area contributed by atoms with E-state index in [-0.39, 0.29) is 0 Å². The lowest BCUT2D eigenvalue weighted by Gasteiger charge is -2.26. The maximum Gasteiger partial charge on any atom is 0.508 e. The van der Waals surface area contributed by atoms with Crippen molar-refractivity contribution in [3.8, 4) is 0 Å². The molecule has 0 spiro atoms. The molecule has 0 bridgehead atoms. The number of rotatable bonds is 1. The van der Waals surface area contributed by atoms with Crippen LogP contribution in [0.15, 0.2) is 0 Å². The first-order chi connectivity index (χ1) is 7.29. The summed E-state index contributed by atoms with van der Waals surface area (Å²) in [4.78, 5) is 23.3. The van der Waals surface area contributed by atoms with Gasteiger partial charge in [-0.1, -0.05) is 11.8 Å². The highest BCUT2D eigenvalue weighted by Gasteiger charge is 2.35. The normalized spacial score (nSPS) is 20.7. The highest BCUT2D eigenvalue weighted by Crippen LogP contribution is 2.26. The lowest BCUT2D eigenvalue weighted by molar-refractivity contribution is -0.0109. The zero-order valence-electron chi connectivity index (χ0n) is 9.43. The van der Waals surface area contributed by atoms with E-state index in [0.29, 0.717) is 12.3 Å². The number of amides is 1. The van der Waals surface area contributed by atoms with Crippen molar-refractivity contribution in [2.45, 2.75) is 31.9 Å². The minimum Gasteiger partial charge on any atom is -0.450 e. The first-order valence-corrected chi connectivity index (χ1v) is 5.85. The molecular formula is C9H15NO5S. The highest BCUT2D eigenvalue weighted by atomic mass is 32.2. The monoisotopic (exact) mass is 249 g/mol. The standard InChI is InChI=1S/C9H15NO5S/c1-9(2,3)15-6(11)10-4-5-16-7(10)14-8(12)13/h7H,4-5H2,1-3H3,(H,12,13). The molecule has 1 N–H and O–H groups in total. The minimum atomic E-state index is -1.40. The predicted molar refractivity (Wildman–Crippen MR) is 58.3 cm³/mol. The van der Waals surface area contributed by atoms with E-state index in [0.717, 1.165) is 0 Å². The summed E-state index contributed by atoms with van der Waals surface area (Å²) < 4.78 is 9.70. The maximum absolute atomic E-state index is 11.7. The summed E-state index contributed by atoms with van der Waals surface area (Å²) in [5.74, 6) is 0.636. The molecular weight excluding hydrogens is 234 g/mol. The second kappa shape index (κ2) is 4.82. The molecule has 16 heavy (non-hydrogen) atoms. The lowest BCUT2D eigenvalue weighted by atomic mass is 10.2. The van der Waals surface area contributed by atoms with Crippen LogP contribution in [0.5, 0.6) is 0 Å². The van der Waals surface area contributed by atoms with Crippen LogP contribution in [-0.2, 0) is 9.47 Å². The first-order valence-electron chi connectivity index (χ1n) is 4.80. The van der Waals surface area contributed by atoms with Crippen molar-refractivity contribution >= 4 is 24.0 Å². The quantitative estimate of drug-likeness (QED) is 0.716. The molecule has 0 aromatic heterocycles. The summed E-state index contributed by atoms with van der Waals surface area (Å²) in [6, 6.07) is 0. The Morgan fingerprint density at radius 2 is 2.06 bits per heavy atom. The number of hydrogen-bond acceptors (Lipinski definition) is 5. The molecule has 0 aliphatic carbocycles. The van der Waals surface area contributed by atoms with Crippen molar-refractivity contribution in [3.63, 3.8) is 0 Å². The van der Waals surface area contributed by atoms with Crippen molar-refractivity contribution in [1.82, 2.24) is 4.90 Å². The number of carboxylic acid groups (broad SMARTS) is 1. The van der Waals surface area contributed by atoms with Crippen molar-refractivity contribution in [1.29, 1.82) is 0 Å². The van der Waals surface area contributed by atoms with Crippen LogP contribution in [-0.4, -0.2) is 45.7 Å². The Labute approximate surface area is 97.9 Å². The van der Waals surface area contributed by atoms with Gasteiger partial charge >= 0.3 is 12.2 Å². The van der Waals surface area contributed by atoms with Crippen molar-refractivity contribution in [2.24, 2.45) is 0 Å². The fourth-order valence-corrected chi connectivity index (χ4v) is 2.15. The number of carbonyl (C=O) groups excluding carboxylic acids is 1. The second-order valence-electron chi connectivity index (χ2n) is 4.24. The largest absolute Gasteiger partial charge is 0.508 e. The van der Waals surface area contributed by atoms with Crippen molar-refractivity contribution < 1.29 is 24.2 Å². The maximum atomic E-state index is 11.7. The Morgan fingerprint density at radius 1 is 1.44 bits per heavy atom. The number of carbonyl (C=O) groups is 2. The minimum absolute atomic E-state index is 0.428. The summed E-state index contributed by atoms with van der Waals surface area (Å²) in [6.45, 7) is 5.68. The average molecular weight is 249 g/mol. The van der Waals surface area contributed by atoms with Gasteiger partial charge in [0, 0.05) is 12.3 Å². The molecule has 7 heteroatoms. The van der Waals surface area contributed by atoms with Crippen LogP contribution in [0.4, 0.5) is 9.59 Å². The Morgan fingerprint density at radius 3 is 2.56 bits per heavy atom. The first kappa shape index (κ1) is 13.0. The van der Waals surface area contributed by atoms with Gasteiger partial charge in [0.05, 0.1) is 0 Å². The fourth-order valence-electron chi connectivity index (χ4n) is 1.13. The molecule has 0 radical (unpaired) electrons. The zero-order valence-corrected chi connectivity index (χ0v) is 10.2. The number of ether oxygens (including phenoxy) is 2. The van der Waals surface area contributed by atoms with Crippen molar-refractivity contribution in [3.05, 3.63) is 0 Å². The molecule has 0 saturated carbocycles. The van der Waals surface area contributed by atoms with E-state index in [1.165, 1.54) is 16.7 Å². The molecule has 0 aromatic rings. The molecule has 1 aliphatic rings. The third-order valence-corrected chi connectivity index (χ3v) is 2.73. The summed E-state index contributed by atoms with van der Waals surface area (Å²) in [7, 11) is 0. The summed E-state index contributed by atoms with van der Waals surface area (Å²) >= 11 is 1.26. The van der Waals surface area contributed by atoms with E-state index in [9.17, 15) is 9.59 Å². The fraction of sp³-hybridized carbons (Fsp3) is 0.778. The molecule has 1 rings (SSSR count). The predicted octanol–water partition coefficient (Wildman–Crippen LogP) is 1.95. The summed E-state index contributed by atoms with van der Waals surface area (Å²) in [6.07, 6.45) is -1.95. The van der Waals surface area contributed by atoms with Gasteiger partial charge in [-0.05, 0) is 20.8 Å². The molecule has 1 atom stereocenters. The van der Waals surface area contributed by atoms with E-state index in [4.69, 9.17) is 9.84 Å². The third-order valence-electron chi connectivity index (χ3n) is 1.68. The summed E-state index contributed by atoms with van der Waals surface area (Å²) in [5.41, 5.74) is -1.40. The Kier molecular flexibility index (Phi) is 3.90.